The second-order valence-electron chi connectivity index (χ2n) is 4.56. The molecule has 0 bridgehead atoms. The molecule has 0 aliphatic carbocycles. The summed E-state index contributed by atoms with van der Waals surface area (Å²) >= 11 is 0. The van der Waals surface area contributed by atoms with Crippen molar-refractivity contribution in [3.8, 4) is 0 Å². The fraction of sp³-hybridized carbons (Fsp3) is 0.923. The Hall–Kier alpha value is -0.610. The maximum atomic E-state index is 11.8. The first-order valence-electron chi connectivity index (χ1n) is 6.82. The summed E-state index contributed by atoms with van der Waals surface area (Å²) in [5.74, 6) is 0.146. The number of ether oxygens (including phenoxy) is 1. The van der Waals surface area contributed by atoms with E-state index < -0.39 is 0 Å². The Morgan fingerprint density at radius 2 is 2.06 bits per heavy atom. The third kappa shape index (κ3) is 4.28. The highest BCUT2D eigenvalue weighted by molar-refractivity contribution is 5.77. The average molecular weight is 242 g/mol. The fourth-order valence-corrected chi connectivity index (χ4v) is 2.40. The van der Waals surface area contributed by atoms with Crippen molar-refractivity contribution in [3.05, 3.63) is 0 Å². The second-order valence-corrected chi connectivity index (χ2v) is 4.56. The molecule has 1 heterocycles. The Morgan fingerprint density at radius 1 is 1.35 bits per heavy atom. The highest BCUT2D eigenvalue weighted by Gasteiger charge is 2.28. The molecular formula is C13H26N2O2. The van der Waals surface area contributed by atoms with E-state index in [0.717, 1.165) is 39.0 Å². The molecule has 100 valence electrons. The van der Waals surface area contributed by atoms with E-state index in [4.69, 9.17) is 4.74 Å². The van der Waals surface area contributed by atoms with Crippen LogP contribution in [-0.2, 0) is 9.53 Å². The smallest absolute Gasteiger partial charge is 0.248 e. The van der Waals surface area contributed by atoms with Crippen LogP contribution in [0.5, 0.6) is 0 Å². The highest BCUT2D eigenvalue weighted by atomic mass is 16.5. The van der Waals surface area contributed by atoms with Crippen molar-refractivity contribution in [1.82, 2.24) is 9.80 Å². The molecule has 1 saturated heterocycles. The quantitative estimate of drug-likeness (QED) is 0.632. The third-order valence-corrected chi connectivity index (χ3v) is 3.42. The van der Waals surface area contributed by atoms with E-state index in [0.29, 0.717) is 12.6 Å². The van der Waals surface area contributed by atoms with Crippen molar-refractivity contribution in [2.24, 2.45) is 0 Å². The van der Waals surface area contributed by atoms with E-state index in [1.807, 2.05) is 4.90 Å². The number of hydrogen-bond acceptors (Lipinski definition) is 3. The van der Waals surface area contributed by atoms with Crippen LogP contribution >= 0.6 is 0 Å². The summed E-state index contributed by atoms with van der Waals surface area (Å²) in [7, 11) is 0. The molecule has 17 heavy (non-hydrogen) atoms. The molecule has 4 nitrogen and oxygen atoms in total. The Morgan fingerprint density at radius 3 is 2.65 bits per heavy atom. The lowest BCUT2D eigenvalue weighted by Crippen LogP contribution is -2.39. The molecule has 1 aliphatic heterocycles. The number of nitrogens with zero attached hydrogens (tertiary/aromatic N) is 2. The van der Waals surface area contributed by atoms with Crippen LogP contribution in [0.2, 0.25) is 0 Å². The van der Waals surface area contributed by atoms with Crippen LogP contribution < -0.4 is 0 Å². The van der Waals surface area contributed by atoms with E-state index >= 15 is 0 Å². The van der Waals surface area contributed by atoms with Crippen LogP contribution in [0.3, 0.4) is 0 Å². The van der Waals surface area contributed by atoms with Crippen LogP contribution in [0, 0.1) is 0 Å². The maximum absolute atomic E-state index is 11.8. The number of carbonyl (C=O) groups excluding carboxylic acids is 1. The highest BCUT2D eigenvalue weighted by Crippen LogP contribution is 2.15. The van der Waals surface area contributed by atoms with Gasteiger partial charge < -0.3 is 9.64 Å². The zero-order chi connectivity index (χ0) is 12.7. The topological polar surface area (TPSA) is 32.8 Å². The Kier molecular flexibility index (Phi) is 6.52. The molecular weight excluding hydrogens is 216 g/mol. The summed E-state index contributed by atoms with van der Waals surface area (Å²) < 4.78 is 5.30. The number of likely N-dealkylation sites (tertiary alicyclic amines) is 1. The van der Waals surface area contributed by atoms with Gasteiger partial charge in [0.25, 0.3) is 0 Å². The summed E-state index contributed by atoms with van der Waals surface area (Å²) in [4.78, 5) is 16.2. The van der Waals surface area contributed by atoms with Gasteiger partial charge in [-0.1, -0.05) is 20.8 Å². The molecule has 1 aliphatic rings. The molecule has 1 unspecified atom stereocenters. The van der Waals surface area contributed by atoms with Crippen LogP contribution in [-0.4, -0.2) is 61.1 Å². The van der Waals surface area contributed by atoms with Crippen molar-refractivity contribution in [3.63, 3.8) is 0 Å². The van der Waals surface area contributed by atoms with Gasteiger partial charge in [-0.3, -0.25) is 9.69 Å². The number of carbonyl (C=O) groups is 1. The first-order valence-corrected chi connectivity index (χ1v) is 6.82. The molecule has 1 amide bonds. The maximum Gasteiger partial charge on any atom is 0.248 e. The minimum absolute atomic E-state index is 0.146. The average Bonchev–Trinajstić information content (AvgIpc) is 2.80. The first kappa shape index (κ1) is 14.5. The van der Waals surface area contributed by atoms with Crippen LogP contribution in [0.1, 0.15) is 33.6 Å². The van der Waals surface area contributed by atoms with Crippen molar-refractivity contribution < 1.29 is 9.53 Å². The number of hydrogen-bond donors (Lipinski definition) is 0. The van der Waals surface area contributed by atoms with E-state index in [1.165, 1.54) is 0 Å². The van der Waals surface area contributed by atoms with Crippen LogP contribution in [0.4, 0.5) is 0 Å². The van der Waals surface area contributed by atoms with Crippen molar-refractivity contribution in [1.29, 1.82) is 0 Å². The number of amides is 1. The van der Waals surface area contributed by atoms with E-state index in [2.05, 4.69) is 25.7 Å². The van der Waals surface area contributed by atoms with Crippen molar-refractivity contribution in [2.45, 2.75) is 39.7 Å². The standard InChI is InChI=1S/C13H26N2O2/c1-4-9-17-11-13(16)15-8-7-12(10-15)14(5-2)6-3/h12H,4-11H2,1-3H3. The van der Waals surface area contributed by atoms with Gasteiger partial charge in [0.05, 0.1) is 0 Å². The van der Waals surface area contributed by atoms with Gasteiger partial charge in [-0.05, 0) is 25.9 Å². The predicted octanol–water partition coefficient (Wildman–Crippen LogP) is 1.36. The minimum atomic E-state index is 0.146. The molecule has 0 radical (unpaired) electrons. The van der Waals surface area contributed by atoms with Crippen LogP contribution in [0.25, 0.3) is 0 Å². The number of likely N-dealkylation sites (N-methyl/N-ethyl adjacent to an activating group) is 1. The van der Waals surface area contributed by atoms with Gasteiger partial charge >= 0.3 is 0 Å². The summed E-state index contributed by atoms with van der Waals surface area (Å²) in [5, 5.41) is 0. The zero-order valence-electron chi connectivity index (χ0n) is 11.4. The monoisotopic (exact) mass is 242 g/mol. The SMILES string of the molecule is CCCOCC(=O)N1CCC(N(CC)CC)C1. The lowest BCUT2D eigenvalue weighted by molar-refractivity contribution is -0.135. The third-order valence-electron chi connectivity index (χ3n) is 3.42. The van der Waals surface area contributed by atoms with Gasteiger partial charge in [0, 0.05) is 25.7 Å². The molecule has 1 rings (SSSR count). The fourth-order valence-electron chi connectivity index (χ4n) is 2.40. The molecule has 0 saturated carbocycles. The lowest BCUT2D eigenvalue weighted by Gasteiger charge is -2.26. The zero-order valence-corrected chi connectivity index (χ0v) is 11.4. The second kappa shape index (κ2) is 7.67. The Bertz CT molecular complexity index is 229. The molecule has 1 fully saturated rings. The lowest BCUT2D eigenvalue weighted by atomic mass is 10.2. The largest absolute Gasteiger partial charge is 0.372 e. The summed E-state index contributed by atoms with van der Waals surface area (Å²) in [6, 6.07) is 0.542. The van der Waals surface area contributed by atoms with E-state index in [1.54, 1.807) is 0 Å². The van der Waals surface area contributed by atoms with Gasteiger partial charge in [-0.25, -0.2) is 0 Å². The molecule has 4 heteroatoms. The molecule has 0 spiro atoms. The van der Waals surface area contributed by atoms with E-state index in [-0.39, 0.29) is 12.5 Å². The molecule has 0 aromatic carbocycles. The van der Waals surface area contributed by atoms with Gasteiger partial charge in [-0.2, -0.15) is 0 Å². The minimum Gasteiger partial charge on any atom is -0.372 e. The molecule has 1 atom stereocenters. The van der Waals surface area contributed by atoms with Crippen molar-refractivity contribution >= 4 is 5.91 Å². The van der Waals surface area contributed by atoms with Gasteiger partial charge in [0.1, 0.15) is 6.61 Å². The summed E-state index contributed by atoms with van der Waals surface area (Å²) in [5.41, 5.74) is 0. The predicted molar refractivity (Wildman–Crippen MR) is 69.0 cm³/mol. The van der Waals surface area contributed by atoms with Crippen LogP contribution in [0.15, 0.2) is 0 Å². The van der Waals surface area contributed by atoms with Gasteiger partial charge in [-0.15, -0.1) is 0 Å². The Labute approximate surface area is 105 Å². The van der Waals surface area contributed by atoms with Gasteiger partial charge in [0.2, 0.25) is 5.91 Å². The van der Waals surface area contributed by atoms with Gasteiger partial charge in [0.15, 0.2) is 0 Å². The normalized spacial score (nSPS) is 20.2. The Balaban J connectivity index is 2.31. The number of rotatable bonds is 7. The first-order chi connectivity index (χ1) is 8.22. The molecule has 0 N–H and O–H groups in total. The van der Waals surface area contributed by atoms with Crippen molar-refractivity contribution in [2.75, 3.05) is 39.4 Å². The van der Waals surface area contributed by atoms with E-state index in [9.17, 15) is 4.79 Å². The molecule has 0 aromatic heterocycles. The molecule has 0 aromatic rings. The summed E-state index contributed by atoms with van der Waals surface area (Å²) in [6.45, 7) is 11.2. The summed E-state index contributed by atoms with van der Waals surface area (Å²) in [6.07, 6.45) is 2.07.